The van der Waals surface area contributed by atoms with Gasteiger partial charge in [0.05, 0.1) is 5.56 Å². The van der Waals surface area contributed by atoms with Crippen molar-refractivity contribution in [1.82, 2.24) is 5.32 Å². The quantitative estimate of drug-likeness (QED) is 0.854. The second kappa shape index (κ2) is 4.56. The van der Waals surface area contributed by atoms with Gasteiger partial charge >= 0.3 is 6.18 Å². The summed E-state index contributed by atoms with van der Waals surface area (Å²) >= 11 is 0. The molecule has 1 aliphatic rings. The molecule has 2 rings (SSSR count). The summed E-state index contributed by atoms with van der Waals surface area (Å²) in [5.74, 6) is -0.0599. The van der Waals surface area contributed by atoms with Crippen molar-refractivity contribution in [3.63, 3.8) is 0 Å². The maximum Gasteiger partial charge on any atom is 0.416 e. The van der Waals surface area contributed by atoms with E-state index < -0.39 is 11.7 Å². The molecule has 1 heterocycles. The van der Waals surface area contributed by atoms with E-state index in [-0.39, 0.29) is 5.92 Å². The predicted molar refractivity (Wildman–Crippen MR) is 61.2 cm³/mol. The fourth-order valence-electron chi connectivity index (χ4n) is 2.31. The highest BCUT2D eigenvalue weighted by molar-refractivity contribution is 5.61. The van der Waals surface area contributed by atoms with Gasteiger partial charge in [-0.25, -0.2) is 0 Å². The number of hydrogen-bond acceptors (Lipinski definition) is 2. The van der Waals surface area contributed by atoms with E-state index in [1.165, 1.54) is 6.07 Å². The minimum Gasteiger partial charge on any atom is -0.384 e. The molecule has 0 radical (unpaired) electrons. The summed E-state index contributed by atoms with van der Waals surface area (Å²) in [5, 5.41) is 6.02. The molecule has 0 fully saturated rings. The van der Waals surface area contributed by atoms with Crippen LogP contribution in [0, 0.1) is 0 Å². The van der Waals surface area contributed by atoms with Crippen LogP contribution in [0.25, 0.3) is 0 Å². The van der Waals surface area contributed by atoms with Gasteiger partial charge in [-0.15, -0.1) is 0 Å². The number of halogens is 3. The third-order valence-electron chi connectivity index (χ3n) is 3.10. The highest BCUT2D eigenvalue weighted by atomic mass is 19.4. The molecule has 1 aliphatic heterocycles. The first kappa shape index (κ1) is 12.2. The van der Waals surface area contributed by atoms with Crippen LogP contribution in [0.5, 0.6) is 0 Å². The van der Waals surface area contributed by atoms with Gasteiger partial charge < -0.3 is 10.6 Å². The number of alkyl halides is 3. The minimum atomic E-state index is -4.27. The van der Waals surface area contributed by atoms with Crippen LogP contribution in [0.3, 0.4) is 0 Å². The molecule has 94 valence electrons. The Hall–Kier alpha value is -1.23. The third kappa shape index (κ3) is 2.39. The number of rotatable bonds is 3. The van der Waals surface area contributed by atoms with Crippen molar-refractivity contribution < 1.29 is 13.2 Å². The highest BCUT2D eigenvalue weighted by Gasteiger charge is 2.38. The zero-order valence-corrected chi connectivity index (χ0v) is 9.56. The van der Waals surface area contributed by atoms with E-state index in [2.05, 4.69) is 10.6 Å². The zero-order valence-electron chi connectivity index (χ0n) is 9.56. The molecule has 0 aliphatic carbocycles. The lowest BCUT2D eigenvalue weighted by atomic mass is 9.93. The van der Waals surface area contributed by atoms with Crippen molar-refractivity contribution in [3.05, 3.63) is 29.3 Å². The molecule has 1 atom stereocenters. The summed E-state index contributed by atoms with van der Waals surface area (Å²) in [5.41, 5.74) is 0.553. The molecule has 1 unspecified atom stereocenters. The summed E-state index contributed by atoms with van der Waals surface area (Å²) in [4.78, 5) is 0. The summed E-state index contributed by atoms with van der Waals surface area (Å²) in [6, 6.07) is 4.33. The topological polar surface area (TPSA) is 24.1 Å². The smallest absolute Gasteiger partial charge is 0.384 e. The van der Waals surface area contributed by atoms with Crippen LogP contribution in [0.2, 0.25) is 0 Å². The SMILES string of the molecule is CNCCC1CNc2cccc(C(F)(F)F)c21. The lowest BCUT2D eigenvalue weighted by Gasteiger charge is -2.16. The van der Waals surface area contributed by atoms with Gasteiger partial charge in [0.15, 0.2) is 0 Å². The monoisotopic (exact) mass is 244 g/mol. The second-order valence-electron chi connectivity index (χ2n) is 4.23. The van der Waals surface area contributed by atoms with Gasteiger partial charge in [0.25, 0.3) is 0 Å². The van der Waals surface area contributed by atoms with E-state index in [0.717, 1.165) is 12.6 Å². The van der Waals surface area contributed by atoms with E-state index in [1.54, 1.807) is 13.1 Å². The van der Waals surface area contributed by atoms with Gasteiger partial charge in [-0.05, 0) is 37.7 Å². The first-order valence-corrected chi connectivity index (χ1v) is 5.62. The predicted octanol–water partition coefficient (Wildman–Crippen LogP) is 2.82. The van der Waals surface area contributed by atoms with Gasteiger partial charge in [-0.1, -0.05) is 6.07 Å². The average molecular weight is 244 g/mol. The van der Waals surface area contributed by atoms with Crippen molar-refractivity contribution in [3.8, 4) is 0 Å². The molecule has 1 aromatic carbocycles. The lowest BCUT2D eigenvalue weighted by molar-refractivity contribution is -0.138. The fourth-order valence-corrected chi connectivity index (χ4v) is 2.31. The summed E-state index contributed by atoms with van der Waals surface area (Å²) in [6.07, 6.45) is -3.56. The number of benzene rings is 1. The molecule has 2 nitrogen and oxygen atoms in total. The largest absolute Gasteiger partial charge is 0.416 e. The minimum absolute atomic E-state index is 0.0599. The molecule has 1 aromatic rings. The lowest BCUT2D eigenvalue weighted by Crippen LogP contribution is -2.16. The van der Waals surface area contributed by atoms with E-state index in [4.69, 9.17) is 0 Å². The van der Waals surface area contributed by atoms with E-state index in [1.807, 2.05) is 0 Å². The summed E-state index contributed by atoms with van der Waals surface area (Å²) < 4.78 is 38.7. The molecule has 0 bridgehead atoms. The van der Waals surface area contributed by atoms with Gasteiger partial charge in [-0.3, -0.25) is 0 Å². The van der Waals surface area contributed by atoms with Crippen LogP contribution < -0.4 is 10.6 Å². The van der Waals surface area contributed by atoms with Gasteiger partial charge in [0.2, 0.25) is 0 Å². The number of nitrogens with one attached hydrogen (secondary N) is 2. The van der Waals surface area contributed by atoms with Gasteiger partial charge in [0.1, 0.15) is 0 Å². The maximum absolute atomic E-state index is 12.9. The van der Waals surface area contributed by atoms with Crippen molar-refractivity contribution in [2.75, 3.05) is 25.5 Å². The van der Waals surface area contributed by atoms with Crippen LogP contribution in [-0.2, 0) is 6.18 Å². The molecule has 17 heavy (non-hydrogen) atoms. The Bertz CT molecular complexity index is 401. The summed E-state index contributed by atoms with van der Waals surface area (Å²) in [6.45, 7) is 1.31. The zero-order chi connectivity index (χ0) is 12.5. The van der Waals surface area contributed by atoms with Crippen LogP contribution in [0.1, 0.15) is 23.5 Å². The van der Waals surface area contributed by atoms with E-state index in [9.17, 15) is 13.2 Å². The molecule has 2 N–H and O–H groups in total. The molecule has 0 amide bonds. The van der Waals surface area contributed by atoms with Crippen LogP contribution >= 0.6 is 0 Å². The van der Waals surface area contributed by atoms with Crippen molar-refractivity contribution in [2.24, 2.45) is 0 Å². The van der Waals surface area contributed by atoms with Crippen molar-refractivity contribution in [2.45, 2.75) is 18.5 Å². The second-order valence-corrected chi connectivity index (χ2v) is 4.23. The van der Waals surface area contributed by atoms with Crippen molar-refractivity contribution in [1.29, 1.82) is 0 Å². The number of hydrogen-bond donors (Lipinski definition) is 2. The molecule has 0 saturated heterocycles. The van der Waals surface area contributed by atoms with Crippen LogP contribution in [0.4, 0.5) is 18.9 Å². The van der Waals surface area contributed by atoms with Gasteiger partial charge in [-0.2, -0.15) is 13.2 Å². The molecule has 0 saturated carbocycles. The Kier molecular flexibility index (Phi) is 3.28. The van der Waals surface area contributed by atoms with Gasteiger partial charge in [0, 0.05) is 18.2 Å². The standard InChI is InChI=1S/C12H15F3N2/c1-16-6-5-8-7-17-10-4-2-3-9(11(8)10)12(13,14)15/h2-4,8,16-17H,5-7H2,1H3. The number of anilines is 1. The first-order valence-electron chi connectivity index (χ1n) is 5.62. The fraction of sp³-hybridized carbons (Fsp3) is 0.500. The van der Waals surface area contributed by atoms with Crippen LogP contribution in [-0.4, -0.2) is 20.1 Å². The molecular formula is C12H15F3N2. The Morgan fingerprint density at radius 2 is 2.18 bits per heavy atom. The Morgan fingerprint density at radius 1 is 1.41 bits per heavy atom. The molecular weight excluding hydrogens is 229 g/mol. The number of fused-ring (bicyclic) bond motifs is 1. The van der Waals surface area contributed by atoms with Crippen LogP contribution in [0.15, 0.2) is 18.2 Å². The molecule has 0 spiro atoms. The summed E-state index contributed by atoms with van der Waals surface area (Å²) in [7, 11) is 1.80. The first-order chi connectivity index (χ1) is 8.04. The Labute approximate surface area is 98.2 Å². The van der Waals surface area contributed by atoms with Crippen molar-refractivity contribution >= 4 is 5.69 Å². The maximum atomic E-state index is 12.9. The Balaban J connectivity index is 2.35. The molecule has 5 heteroatoms. The highest BCUT2D eigenvalue weighted by Crippen LogP contribution is 2.42. The normalized spacial score (nSPS) is 18.9. The average Bonchev–Trinajstić information content (AvgIpc) is 2.68. The van der Waals surface area contributed by atoms with E-state index in [0.29, 0.717) is 24.2 Å². The van der Waals surface area contributed by atoms with E-state index >= 15 is 0 Å². The third-order valence-corrected chi connectivity index (χ3v) is 3.10. The Morgan fingerprint density at radius 3 is 2.82 bits per heavy atom. The molecule has 0 aromatic heterocycles.